The first-order valence-electron chi connectivity index (χ1n) is 12.4. The first-order valence-corrected chi connectivity index (χ1v) is 15.4. The van der Waals surface area contributed by atoms with Crippen LogP contribution in [-0.2, 0) is 30.8 Å². The molecule has 1 saturated carbocycles. The Morgan fingerprint density at radius 3 is 2.41 bits per heavy atom. The topological polar surface area (TPSA) is 89.5 Å². The fraction of sp³-hybridized carbons (Fsp3) is 0.462. The standard InChI is InChI=1S/C26H26F5NO5S2/c1-2-3-4-17-13-18-19-14-37-24-21(28)10-9-20(27)23(24)25(19,12-11-22(18)32-39(17,35)36)38(33,34)16-7-5-15(6-8-16)26(29,30)31/h2-3,5-10,17-19,22,32H,4,11-14H2,1H3/b3-2+/t17-,18-,19+,22+,25+/m1/s1. The number of sulfone groups is 1. The number of rotatable bonds is 4. The Labute approximate surface area is 223 Å². The smallest absolute Gasteiger partial charge is 0.416 e. The lowest BCUT2D eigenvalue weighted by Crippen LogP contribution is -2.63. The summed E-state index contributed by atoms with van der Waals surface area (Å²) in [5.41, 5.74) is -1.56. The van der Waals surface area contributed by atoms with Crippen LogP contribution >= 0.6 is 0 Å². The number of hydrogen-bond donors (Lipinski definition) is 1. The average molecular weight is 592 g/mol. The van der Waals surface area contributed by atoms with E-state index < -0.39 is 87.3 Å². The first-order chi connectivity index (χ1) is 18.2. The molecule has 1 N–H and O–H groups in total. The molecule has 1 saturated heterocycles. The van der Waals surface area contributed by atoms with Crippen molar-refractivity contribution in [1.82, 2.24) is 4.72 Å². The summed E-state index contributed by atoms with van der Waals surface area (Å²) in [6.07, 6.45) is -1.41. The van der Waals surface area contributed by atoms with E-state index in [1.165, 1.54) is 0 Å². The predicted molar refractivity (Wildman–Crippen MR) is 132 cm³/mol. The molecule has 2 aliphatic heterocycles. The average Bonchev–Trinajstić information content (AvgIpc) is 2.88. The number of hydrogen-bond acceptors (Lipinski definition) is 5. The Bertz CT molecular complexity index is 1520. The van der Waals surface area contributed by atoms with E-state index in [1.807, 2.05) is 0 Å². The summed E-state index contributed by atoms with van der Waals surface area (Å²) in [6.45, 7) is 1.39. The van der Waals surface area contributed by atoms with Gasteiger partial charge in [0, 0.05) is 12.0 Å². The Balaban J connectivity index is 1.70. The summed E-state index contributed by atoms with van der Waals surface area (Å²) in [7, 11) is -8.40. The van der Waals surface area contributed by atoms with Gasteiger partial charge in [-0.25, -0.2) is 30.3 Å². The first kappa shape index (κ1) is 28.0. The van der Waals surface area contributed by atoms with E-state index in [4.69, 9.17) is 4.74 Å². The third kappa shape index (κ3) is 4.37. The summed E-state index contributed by atoms with van der Waals surface area (Å²) in [4.78, 5) is -0.475. The maximum absolute atomic E-state index is 15.5. The van der Waals surface area contributed by atoms with Crippen LogP contribution in [-0.4, -0.2) is 34.7 Å². The van der Waals surface area contributed by atoms with Crippen molar-refractivity contribution in [2.24, 2.45) is 11.8 Å². The van der Waals surface area contributed by atoms with Gasteiger partial charge in [0.05, 0.1) is 27.9 Å². The van der Waals surface area contributed by atoms with Gasteiger partial charge in [0.15, 0.2) is 21.4 Å². The lowest BCUT2D eigenvalue weighted by atomic mass is 9.64. The van der Waals surface area contributed by atoms with E-state index in [-0.39, 0.29) is 32.3 Å². The van der Waals surface area contributed by atoms with Gasteiger partial charge in [-0.15, -0.1) is 0 Å². The zero-order chi connectivity index (χ0) is 28.4. The van der Waals surface area contributed by atoms with Crippen molar-refractivity contribution in [2.75, 3.05) is 6.61 Å². The number of nitrogens with one attached hydrogen (secondary N) is 1. The molecule has 0 unspecified atom stereocenters. The van der Waals surface area contributed by atoms with E-state index in [0.29, 0.717) is 12.1 Å². The molecule has 212 valence electrons. The van der Waals surface area contributed by atoms with Crippen molar-refractivity contribution in [1.29, 1.82) is 0 Å². The quantitative estimate of drug-likeness (QED) is 0.395. The molecular formula is C26H26F5NO5S2. The van der Waals surface area contributed by atoms with Gasteiger partial charge in [-0.05, 0) is 74.9 Å². The zero-order valence-corrected chi connectivity index (χ0v) is 22.3. The number of halogens is 5. The van der Waals surface area contributed by atoms with Gasteiger partial charge in [-0.1, -0.05) is 12.2 Å². The minimum atomic E-state index is -4.71. The molecule has 13 heteroatoms. The molecule has 2 aromatic carbocycles. The number of fused-ring (bicyclic) bond motifs is 5. The Kier molecular flexibility index (Phi) is 6.86. The number of benzene rings is 2. The van der Waals surface area contributed by atoms with Crippen LogP contribution in [0.25, 0.3) is 0 Å². The maximum Gasteiger partial charge on any atom is 0.416 e. The highest BCUT2D eigenvalue weighted by molar-refractivity contribution is 7.92. The molecule has 39 heavy (non-hydrogen) atoms. The van der Waals surface area contributed by atoms with Gasteiger partial charge in [0.1, 0.15) is 10.6 Å². The van der Waals surface area contributed by atoms with Crippen LogP contribution in [0.3, 0.4) is 0 Å². The highest BCUT2D eigenvalue weighted by Crippen LogP contribution is 2.59. The van der Waals surface area contributed by atoms with Gasteiger partial charge < -0.3 is 4.74 Å². The minimum absolute atomic E-state index is 0.00794. The lowest BCUT2D eigenvalue weighted by molar-refractivity contribution is -0.137. The molecule has 0 aromatic heterocycles. The molecular weight excluding hydrogens is 565 g/mol. The fourth-order valence-electron chi connectivity index (χ4n) is 6.43. The van der Waals surface area contributed by atoms with E-state index in [9.17, 15) is 34.4 Å². The molecule has 5 atom stereocenters. The predicted octanol–water partition coefficient (Wildman–Crippen LogP) is 5.10. The molecule has 1 aliphatic carbocycles. The molecule has 0 bridgehead atoms. The van der Waals surface area contributed by atoms with Crippen molar-refractivity contribution in [2.45, 2.75) is 59.7 Å². The van der Waals surface area contributed by atoms with Crippen molar-refractivity contribution in [3.05, 3.63) is 71.3 Å². The number of sulfonamides is 1. The second kappa shape index (κ2) is 9.55. The lowest BCUT2D eigenvalue weighted by Gasteiger charge is -2.54. The van der Waals surface area contributed by atoms with Crippen LogP contribution in [0.15, 0.2) is 53.4 Å². The second-order valence-electron chi connectivity index (χ2n) is 10.2. The van der Waals surface area contributed by atoms with Gasteiger partial charge in [0.25, 0.3) is 0 Å². The van der Waals surface area contributed by atoms with Gasteiger partial charge in [-0.3, -0.25) is 0 Å². The number of ether oxygens (including phenoxy) is 1. The van der Waals surface area contributed by atoms with Crippen molar-refractivity contribution in [3.8, 4) is 5.75 Å². The molecule has 3 aliphatic rings. The summed E-state index contributed by atoms with van der Waals surface area (Å²) in [6, 6.07) is 3.86. The Hall–Kier alpha value is -2.51. The van der Waals surface area contributed by atoms with Crippen LogP contribution in [0, 0.1) is 23.5 Å². The van der Waals surface area contributed by atoms with Crippen LogP contribution in [0.2, 0.25) is 0 Å². The molecule has 2 heterocycles. The van der Waals surface area contributed by atoms with Gasteiger partial charge >= 0.3 is 6.18 Å². The highest BCUT2D eigenvalue weighted by atomic mass is 32.2. The Morgan fingerprint density at radius 1 is 1.10 bits per heavy atom. The molecule has 2 fully saturated rings. The van der Waals surface area contributed by atoms with Crippen LogP contribution < -0.4 is 9.46 Å². The molecule has 6 nitrogen and oxygen atoms in total. The van der Waals surface area contributed by atoms with Gasteiger partial charge in [-0.2, -0.15) is 13.2 Å². The van der Waals surface area contributed by atoms with Crippen LogP contribution in [0.4, 0.5) is 22.0 Å². The molecule has 0 spiro atoms. The maximum atomic E-state index is 15.5. The highest BCUT2D eigenvalue weighted by Gasteiger charge is 2.64. The SMILES string of the molecule is C/C=C/C[C@@H]1C[C@H]2[C@H](CC[C@@]3(S(=O)(=O)c4ccc(C(F)(F)F)cc4)c4c(F)ccc(F)c4OC[C@@H]23)NS1(=O)=O. The van der Waals surface area contributed by atoms with Crippen LogP contribution in [0.1, 0.15) is 43.7 Å². The Morgan fingerprint density at radius 2 is 1.77 bits per heavy atom. The fourth-order valence-corrected chi connectivity index (χ4v) is 10.6. The second-order valence-corrected chi connectivity index (χ2v) is 14.4. The van der Waals surface area contributed by atoms with Crippen molar-refractivity contribution in [3.63, 3.8) is 0 Å². The van der Waals surface area contributed by atoms with Crippen LogP contribution in [0.5, 0.6) is 5.75 Å². The third-order valence-electron chi connectivity index (χ3n) is 8.24. The summed E-state index contributed by atoms with van der Waals surface area (Å²) in [5.74, 6) is -4.18. The van der Waals surface area contributed by atoms with E-state index in [2.05, 4.69) is 4.72 Å². The normalized spacial score (nSPS) is 30.2. The summed E-state index contributed by atoms with van der Waals surface area (Å²) < 4.78 is 131. The molecule has 0 amide bonds. The van der Waals surface area contributed by atoms with E-state index >= 15 is 4.39 Å². The number of alkyl halides is 3. The molecule has 2 aromatic rings. The van der Waals surface area contributed by atoms with E-state index in [0.717, 1.165) is 24.3 Å². The van der Waals surface area contributed by atoms with Crippen molar-refractivity contribution >= 4 is 19.9 Å². The third-order valence-corrected chi connectivity index (χ3v) is 12.7. The number of allylic oxidation sites excluding steroid dienone is 2. The molecule has 0 radical (unpaired) electrons. The summed E-state index contributed by atoms with van der Waals surface area (Å²) in [5, 5.41) is -0.890. The summed E-state index contributed by atoms with van der Waals surface area (Å²) >= 11 is 0. The van der Waals surface area contributed by atoms with Gasteiger partial charge in [0.2, 0.25) is 10.0 Å². The van der Waals surface area contributed by atoms with E-state index in [1.54, 1.807) is 19.1 Å². The molecule has 5 rings (SSSR count). The minimum Gasteiger partial charge on any atom is -0.490 e. The zero-order valence-electron chi connectivity index (χ0n) is 20.7. The monoisotopic (exact) mass is 591 g/mol. The van der Waals surface area contributed by atoms with Crippen molar-refractivity contribution < 1.29 is 43.5 Å². The largest absolute Gasteiger partial charge is 0.490 e.